The Kier molecular flexibility index (Phi) is 1.56. The standard InChI is InChI=1S/C12H9OP/c1-3-7-11-9(5-1)10-6-2-4-8-12(10)14-13-11/h1-8,14H/i14D. The van der Waals surface area contributed by atoms with Gasteiger partial charge in [0.25, 0.3) is 0 Å². The maximum absolute atomic E-state index is 7.93. The van der Waals surface area contributed by atoms with Crippen LogP contribution in [-0.2, 0) is 0 Å². The lowest BCUT2D eigenvalue weighted by atomic mass is 10.0. The molecule has 2 aromatic carbocycles. The lowest BCUT2D eigenvalue weighted by Gasteiger charge is -2.19. The van der Waals surface area contributed by atoms with Crippen LogP contribution in [0.25, 0.3) is 11.1 Å². The zero-order valence-electron chi connectivity index (χ0n) is 8.47. The third-order valence-corrected chi connectivity index (χ3v) is 3.20. The fourth-order valence-electron chi connectivity index (χ4n) is 1.65. The molecule has 1 nitrogen and oxygen atoms in total. The van der Waals surface area contributed by atoms with Crippen molar-refractivity contribution in [1.29, 1.82) is 1.28 Å². The van der Waals surface area contributed by atoms with E-state index in [9.17, 15) is 0 Å². The van der Waals surface area contributed by atoms with Crippen LogP contribution in [0.1, 0.15) is 0 Å². The first kappa shape index (κ1) is 7.03. The predicted molar refractivity (Wildman–Crippen MR) is 60.5 cm³/mol. The molecule has 0 aliphatic carbocycles. The van der Waals surface area contributed by atoms with Crippen molar-refractivity contribution in [2.75, 3.05) is 0 Å². The maximum Gasteiger partial charge on any atom is 0.131 e. The fourth-order valence-corrected chi connectivity index (χ4v) is 2.44. The highest BCUT2D eigenvalue weighted by atomic mass is 31.1. The molecule has 0 fully saturated rings. The van der Waals surface area contributed by atoms with E-state index >= 15 is 0 Å². The van der Waals surface area contributed by atoms with Gasteiger partial charge in [0.1, 0.15) is 15.8 Å². The van der Waals surface area contributed by atoms with Gasteiger partial charge in [-0.15, -0.1) is 0 Å². The van der Waals surface area contributed by atoms with Crippen LogP contribution in [0.5, 0.6) is 5.75 Å². The second-order valence-corrected chi connectivity index (χ2v) is 4.04. The van der Waals surface area contributed by atoms with Crippen molar-refractivity contribution in [3.63, 3.8) is 0 Å². The fraction of sp³-hybridized carbons (Fsp3) is 0. The van der Waals surface area contributed by atoms with Crippen molar-refractivity contribution in [3.05, 3.63) is 48.5 Å². The molecule has 0 aromatic heterocycles. The van der Waals surface area contributed by atoms with Crippen LogP contribution in [-0.4, -0.2) is 1.28 Å². The molecule has 0 saturated heterocycles. The number of rotatable bonds is 0. The Hall–Kier alpha value is -1.33. The molecule has 1 aliphatic heterocycles. The van der Waals surface area contributed by atoms with E-state index in [4.69, 9.17) is 5.80 Å². The molecule has 68 valence electrons. The molecule has 0 amide bonds. The number of para-hydroxylation sites is 1. The van der Waals surface area contributed by atoms with Gasteiger partial charge in [-0.05, 0) is 11.6 Å². The topological polar surface area (TPSA) is 9.23 Å². The molecule has 14 heavy (non-hydrogen) atoms. The number of hydrogen-bond donors (Lipinski definition) is 0. The van der Waals surface area contributed by atoms with Crippen LogP contribution >= 0.6 is 8.75 Å². The minimum absolute atomic E-state index is 0.831. The van der Waals surface area contributed by atoms with Crippen molar-refractivity contribution >= 4 is 14.1 Å². The van der Waals surface area contributed by atoms with E-state index in [1.165, 1.54) is 0 Å². The van der Waals surface area contributed by atoms with Crippen molar-refractivity contribution < 1.29 is 4.52 Å². The SMILES string of the molecule is [2H]P1Oc2ccccc2-c2ccccc21. The smallest absolute Gasteiger partial charge is 0.131 e. The molecule has 0 bridgehead atoms. The molecule has 0 radical (unpaired) electrons. The lowest BCUT2D eigenvalue weighted by molar-refractivity contribution is 0.638. The highest BCUT2D eigenvalue weighted by Crippen LogP contribution is 2.38. The van der Waals surface area contributed by atoms with Crippen LogP contribution in [0.2, 0.25) is 0 Å². The second kappa shape index (κ2) is 3.11. The van der Waals surface area contributed by atoms with E-state index in [0.29, 0.717) is 0 Å². The largest absolute Gasteiger partial charge is 0.472 e. The normalized spacial score (nSPS) is 18.9. The minimum atomic E-state index is -1.24. The van der Waals surface area contributed by atoms with Crippen LogP contribution in [0, 0.1) is 0 Å². The summed E-state index contributed by atoms with van der Waals surface area (Å²) in [5.41, 5.74) is 2.24. The molecule has 1 aliphatic rings. The van der Waals surface area contributed by atoms with Crippen LogP contribution in [0.4, 0.5) is 0 Å². The zero-order valence-corrected chi connectivity index (χ0v) is 8.37. The molecule has 2 aromatic rings. The first-order valence-corrected chi connectivity index (χ1v) is 5.33. The van der Waals surface area contributed by atoms with E-state index in [-0.39, 0.29) is 0 Å². The van der Waals surface area contributed by atoms with Crippen molar-refractivity contribution in [1.82, 2.24) is 0 Å². The van der Waals surface area contributed by atoms with Gasteiger partial charge in [0.15, 0.2) is 0 Å². The quantitative estimate of drug-likeness (QED) is 0.595. The molecule has 1 unspecified atom stereocenters. The first-order chi connectivity index (χ1) is 7.36. The Morgan fingerprint density at radius 1 is 0.929 bits per heavy atom. The summed E-state index contributed by atoms with van der Waals surface area (Å²) in [4.78, 5) is 0. The number of hydrogen-bond acceptors (Lipinski definition) is 1. The molecule has 2 heteroatoms. The third kappa shape index (κ3) is 1.13. The van der Waals surface area contributed by atoms with Gasteiger partial charge in [-0.25, -0.2) is 0 Å². The Bertz CT molecular complexity index is 512. The zero-order chi connectivity index (χ0) is 10.3. The molecule has 0 N–H and O–H groups in total. The summed E-state index contributed by atoms with van der Waals surface area (Å²) in [5, 5.41) is 1.01. The van der Waals surface area contributed by atoms with Crippen LogP contribution in [0.15, 0.2) is 48.5 Å². The summed E-state index contributed by atoms with van der Waals surface area (Å²) >= 11 is 0. The summed E-state index contributed by atoms with van der Waals surface area (Å²) in [5.74, 6) is 0.831. The van der Waals surface area contributed by atoms with Gasteiger partial charge < -0.3 is 4.52 Å². The van der Waals surface area contributed by atoms with E-state index in [0.717, 1.165) is 22.2 Å². The second-order valence-electron chi connectivity index (χ2n) is 3.20. The average Bonchev–Trinajstić information content (AvgIpc) is 2.30. The van der Waals surface area contributed by atoms with Gasteiger partial charge >= 0.3 is 0 Å². The summed E-state index contributed by atoms with van der Waals surface area (Å²) < 4.78 is 13.5. The molecule has 0 saturated carbocycles. The van der Waals surface area contributed by atoms with Crippen molar-refractivity contribution in [2.45, 2.75) is 0 Å². The Morgan fingerprint density at radius 3 is 2.57 bits per heavy atom. The lowest BCUT2D eigenvalue weighted by Crippen LogP contribution is -2.06. The number of benzene rings is 2. The summed E-state index contributed by atoms with van der Waals surface area (Å²) in [6.45, 7) is 0. The monoisotopic (exact) mass is 201 g/mol. The van der Waals surface area contributed by atoms with E-state index in [1.807, 2.05) is 42.5 Å². The van der Waals surface area contributed by atoms with Gasteiger partial charge in [-0.1, -0.05) is 42.5 Å². The Labute approximate surface area is 85.9 Å². The van der Waals surface area contributed by atoms with Gasteiger partial charge in [-0.2, -0.15) is 0 Å². The molecule has 3 rings (SSSR count). The Balaban J connectivity index is 2.30. The molecular formula is C12H9OP. The highest BCUT2D eigenvalue weighted by Gasteiger charge is 2.15. The average molecular weight is 201 g/mol. The molecule has 1 atom stereocenters. The molecular weight excluding hydrogens is 191 g/mol. The van der Waals surface area contributed by atoms with Crippen molar-refractivity contribution in [2.24, 2.45) is 0 Å². The van der Waals surface area contributed by atoms with E-state index < -0.39 is 8.75 Å². The maximum atomic E-state index is 7.93. The van der Waals surface area contributed by atoms with E-state index in [2.05, 4.69) is 6.07 Å². The summed E-state index contributed by atoms with van der Waals surface area (Å²) in [6.07, 6.45) is 0. The van der Waals surface area contributed by atoms with Crippen molar-refractivity contribution in [3.8, 4) is 16.9 Å². The van der Waals surface area contributed by atoms with Gasteiger partial charge in [0, 0.05) is 10.9 Å². The first-order valence-electron chi connectivity index (χ1n) is 4.96. The van der Waals surface area contributed by atoms with Crippen LogP contribution in [0.3, 0.4) is 0 Å². The minimum Gasteiger partial charge on any atom is -0.472 e. The van der Waals surface area contributed by atoms with Gasteiger partial charge in [0.05, 0.1) is 0 Å². The predicted octanol–water partition coefficient (Wildman–Crippen LogP) is 2.96. The molecule has 0 spiro atoms. The summed E-state index contributed by atoms with van der Waals surface area (Å²) in [6, 6.07) is 15.9. The highest BCUT2D eigenvalue weighted by molar-refractivity contribution is 7.43. The Morgan fingerprint density at radius 2 is 1.64 bits per heavy atom. The summed E-state index contributed by atoms with van der Waals surface area (Å²) in [7, 11) is -1.24. The van der Waals surface area contributed by atoms with Gasteiger partial charge in [-0.3, -0.25) is 0 Å². The van der Waals surface area contributed by atoms with Crippen LogP contribution < -0.4 is 9.83 Å². The van der Waals surface area contributed by atoms with E-state index in [1.54, 1.807) is 0 Å². The van der Waals surface area contributed by atoms with Gasteiger partial charge in [0.2, 0.25) is 0 Å². The number of fused-ring (bicyclic) bond motifs is 3. The third-order valence-electron chi connectivity index (χ3n) is 2.32. The molecule has 1 heterocycles.